The van der Waals surface area contributed by atoms with Crippen LogP contribution in [0.1, 0.15) is 41.6 Å². The van der Waals surface area contributed by atoms with Gasteiger partial charge in [-0.05, 0) is 73.3 Å². The van der Waals surface area contributed by atoms with Gasteiger partial charge >= 0.3 is 0 Å². The Hall–Kier alpha value is -1.38. The second-order valence-electron chi connectivity index (χ2n) is 5.45. The Balaban J connectivity index is 2.46. The zero-order valence-electron chi connectivity index (χ0n) is 12.7. The fraction of sp³-hybridized carbons (Fsp3) is 0.333. The summed E-state index contributed by atoms with van der Waals surface area (Å²) in [6, 6.07) is 11.0. The summed E-state index contributed by atoms with van der Waals surface area (Å²) in [5.41, 5.74) is 4.27. The lowest BCUT2D eigenvalue weighted by Gasteiger charge is -2.22. The highest BCUT2D eigenvalue weighted by Gasteiger charge is 2.16. The van der Waals surface area contributed by atoms with Crippen LogP contribution in [0.4, 0.5) is 4.39 Å². The first-order chi connectivity index (χ1) is 10.0. The van der Waals surface area contributed by atoms with Crippen LogP contribution in [-0.2, 0) is 0 Å². The Kier molecular flexibility index (Phi) is 5.38. The fourth-order valence-corrected chi connectivity index (χ4v) is 2.89. The summed E-state index contributed by atoms with van der Waals surface area (Å²) in [6.45, 7) is 7.00. The topological polar surface area (TPSA) is 12.0 Å². The van der Waals surface area contributed by atoms with Gasteiger partial charge in [0.05, 0.1) is 6.04 Å². The molecule has 1 N–H and O–H groups in total. The molecular formula is C18H21ClFN. The predicted molar refractivity (Wildman–Crippen MR) is 87.5 cm³/mol. The van der Waals surface area contributed by atoms with E-state index in [4.69, 9.17) is 11.6 Å². The molecule has 0 amide bonds. The maximum Gasteiger partial charge on any atom is 0.123 e. The van der Waals surface area contributed by atoms with E-state index in [1.54, 1.807) is 6.07 Å². The molecule has 2 rings (SSSR count). The lowest BCUT2D eigenvalue weighted by Crippen LogP contribution is -2.24. The van der Waals surface area contributed by atoms with Crippen molar-refractivity contribution in [1.82, 2.24) is 5.32 Å². The van der Waals surface area contributed by atoms with E-state index in [9.17, 15) is 4.39 Å². The molecule has 3 heteroatoms. The lowest BCUT2D eigenvalue weighted by atomic mass is 9.94. The maximum atomic E-state index is 13.4. The summed E-state index contributed by atoms with van der Waals surface area (Å²) in [6.07, 6.45) is 1.04. The first-order valence-electron chi connectivity index (χ1n) is 7.27. The van der Waals surface area contributed by atoms with Gasteiger partial charge in [-0.15, -0.1) is 0 Å². The van der Waals surface area contributed by atoms with E-state index in [-0.39, 0.29) is 11.9 Å². The Morgan fingerprint density at radius 2 is 1.90 bits per heavy atom. The van der Waals surface area contributed by atoms with Crippen molar-refractivity contribution in [3.63, 3.8) is 0 Å². The number of rotatable bonds is 5. The van der Waals surface area contributed by atoms with Crippen LogP contribution in [0.25, 0.3) is 0 Å². The van der Waals surface area contributed by atoms with E-state index in [0.29, 0.717) is 0 Å². The third-order valence-electron chi connectivity index (χ3n) is 3.54. The number of hydrogen-bond donors (Lipinski definition) is 1. The first-order valence-corrected chi connectivity index (χ1v) is 7.65. The molecule has 1 unspecified atom stereocenters. The summed E-state index contributed by atoms with van der Waals surface area (Å²) < 4.78 is 13.4. The minimum Gasteiger partial charge on any atom is -0.306 e. The molecule has 0 spiro atoms. The molecule has 0 aliphatic carbocycles. The lowest BCUT2D eigenvalue weighted by molar-refractivity contribution is 0.589. The number of benzene rings is 2. The highest BCUT2D eigenvalue weighted by atomic mass is 35.5. The molecule has 112 valence electrons. The molecule has 21 heavy (non-hydrogen) atoms. The van der Waals surface area contributed by atoms with Crippen molar-refractivity contribution in [2.45, 2.75) is 33.2 Å². The summed E-state index contributed by atoms with van der Waals surface area (Å²) >= 11 is 6.19. The van der Waals surface area contributed by atoms with Crippen LogP contribution < -0.4 is 5.32 Å². The molecule has 0 bridgehead atoms. The van der Waals surface area contributed by atoms with Gasteiger partial charge in [-0.3, -0.25) is 0 Å². The molecule has 0 saturated carbocycles. The van der Waals surface area contributed by atoms with Crippen molar-refractivity contribution in [3.05, 3.63) is 69.5 Å². The van der Waals surface area contributed by atoms with Gasteiger partial charge in [0.2, 0.25) is 0 Å². The number of nitrogens with one attached hydrogen (secondary N) is 1. The fourth-order valence-electron chi connectivity index (χ4n) is 2.59. The van der Waals surface area contributed by atoms with Crippen LogP contribution in [0, 0.1) is 19.7 Å². The third-order valence-corrected chi connectivity index (χ3v) is 3.76. The third kappa shape index (κ3) is 4.05. The summed E-state index contributed by atoms with van der Waals surface area (Å²) in [4.78, 5) is 0. The predicted octanol–water partition coefficient (Wildman–Crippen LogP) is 5.18. The molecule has 0 saturated heterocycles. The van der Waals surface area contributed by atoms with Gasteiger partial charge < -0.3 is 5.32 Å². The molecular weight excluding hydrogens is 285 g/mol. The van der Waals surface area contributed by atoms with Crippen molar-refractivity contribution >= 4 is 11.6 Å². The van der Waals surface area contributed by atoms with E-state index in [0.717, 1.165) is 40.2 Å². The van der Waals surface area contributed by atoms with Crippen molar-refractivity contribution < 1.29 is 4.39 Å². The van der Waals surface area contributed by atoms with E-state index < -0.39 is 0 Å². The van der Waals surface area contributed by atoms with Crippen molar-refractivity contribution in [2.24, 2.45) is 0 Å². The number of aryl methyl sites for hydroxylation is 2. The van der Waals surface area contributed by atoms with E-state index >= 15 is 0 Å². The van der Waals surface area contributed by atoms with Crippen molar-refractivity contribution in [3.8, 4) is 0 Å². The van der Waals surface area contributed by atoms with E-state index in [2.05, 4.69) is 18.3 Å². The van der Waals surface area contributed by atoms with E-state index in [1.165, 1.54) is 6.07 Å². The molecule has 0 aliphatic rings. The molecule has 2 aromatic rings. The largest absolute Gasteiger partial charge is 0.306 e. The minimum atomic E-state index is -0.201. The van der Waals surface area contributed by atoms with Crippen LogP contribution in [0.15, 0.2) is 36.4 Å². The summed E-state index contributed by atoms with van der Waals surface area (Å²) in [5, 5.41) is 4.27. The zero-order valence-corrected chi connectivity index (χ0v) is 13.5. The smallest absolute Gasteiger partial charge is 0.123 e. The quantitative estimate of drug-likeness (QED) is 0.802. The Labute approximate surface area is 131 Å². The SMILES string of the molecule is CCCNC(c1cc(C)cc(Cl)c1)c1ccc(F)cc1C. The highest BCUT2D eigenvalue weighted by molar-refractivity contribution is 6.30. The molecule has 2 aromatic carbocycles. The van der Waals surface area contributed by atoms with Gasteiger partial charge in [0.1, 0.15) is 5.82 Å². The van der Waals surface area contributed by atoms with Crippen LogP contribution in [0.5, 0.6) is 0 Å². The molecule has 0 radical (unpaired) electrons. The monoisotopic (exact) mass is 305 g/mol. The average molecular weight is 306 g/mol. The number of halogens is 2. The first kappa shape index (κ1) is 16.0. The van der Waals surface area contributed by atoms with Gasteiger partial charge in [0.25, 0.3) is 0 Å². The standard InChI is InChI=1S/C18H21ClFN/c1-4-7-21-18(14-8-12(2)9-15(19)11-14)17-6-5-16(20)10-13(17)3/h5-6,8-11,18,21H,4,7H2,1-3H3. The highest BCUT2D eigenvalue weighted by Crippen LogP contribution is 2.28. The molecule has 0 aliphatic heterocycles. The Morgan fingerprint density at radius 3 is 2.52 bits per heavy atom. The average Bonchev–Trinajstić information content (AvgIpc) is 2.40. The minimum absolute atomic E-state index is 0.0305. The van der Waals surface area contributed by atoms with Crippen molar-refractivity contribution in [2.75, 3.05) is 6.54 Å². The Morgan fingerprint density at radius 1 is 1.14 bits per heavy atom. The second-order valence-corrected chi connectivity index (χ2v) is 5.89. The molecule has 0 aromatic heterocycles. The number of hydrogen-bond acceptors (Lipinski definition) is 1. The van der Waals surface area contributed by atoms with Gasteiger partial charge in [0, 0.05) is 5.02 Å². The normalized spacial score (nSPS) is 12.4. The molecule has 1 atom stereocenters. The van der Waals surface area contributed by atoms with Crippen LogP contribution in [0.2, 0.25) is 5.02 Å². The Bertz CT molecular complexity index is 604. The second kappa shape index (κ2) is 7.06. The van der Waals surface area contributed by atoms with Gasteiger partial charge in [-0.2, -0.15) is 0 Å². The summed E-state index contributed by atoms with van der Waals surface area (Å²) in [5.74, 6) is -0.201. The summed E-state index contributed by atoms with van der Waals surface area (Å²) in [7, 11) is 0. The van der Waals surface area contributed by atoms with E-state index in [1.807, 2.05) is 32.0 Å². The van der Waals surface area contributed by atoms with Crippen molar-refractivity contribution in [1.29, 1.82) is 0 Å². The maximum absolute atomic E-state index is 13.4. The van der Waals surface area contributed by atoms with Crippen LogP contribution in [0.3, 0.4) is 0 Å². The van der Waals surface area contributed by atoms with Gasteiger partial charge in [-0.1, -0.05) is 30.7 Å². The molecule has 0 heterocycles. The van der Waals surface area contributed by atoms with Gasteiger partial charge in [0.15, 0.2) is 0 Å². The van der Waals surface area contributed by atoms with Crippen LogP contribution in [-0.4, -0.2) is 6.54 Å². The molecule has 0 fully saturated rings. The molecule has 1 nitrogen and oxygen atoms in total. The zero-order chi connectivity index (χ0) is 15.4. The van der Waals surface area contributed by atoms with Gasteiger partial charge in [-0.25, -0.2) is 4.39 Å². The van der Waals surface area contributed by atoms with Crippen LogP contribution >= 0.6 is 11.6 Å².